The monoisotopic (exact) mass is 1610 g/mol. The molecule has 0 bridgehead atoms. The molecule has 0 saturated carbocycles. The first-order valence-corrected chi connectivity index (χ1v) is 51.8. The van der Waals surface area contributed by atoms with Gasteiger partial charge in [-0.05, 0) is 97.4 Å². The zero-order chi connectivity index (χ0) is 83.0. The van der Waals surface area contributed by atoms with Crippen molar-refractivity contribution in [1.29, 1.82) is 0 Å². The molecule has 0 heterocycles. The Balaban J connectivity index is 6.67. The summed E-state index contributed by atoms with van der Waals surface area (Å²) in [5.41, 5.74) is 0. The zero-order valence-corrected chi connectivity index (χ0v) is 78.7. The Hall–Kier alpha value is -2.24. The van der Waals surface area contributed by atoms with Crippen molar-refractivity contribution in [2.24, 2.45) is 23.7 Å². The van der Waals surface area contributed by atoms with E-state index in [-0.39, 0.29) is 47.5 Å². The van der Waals surface area contributed by atoms with Gasteiger partial charge >= 0.3 is 23.9 Å². The van der Waals surface area contributed by atoms with Gasteiger partial charge < -0.3 is 23.8 Å². The third kappa shape index (κ3) is 77.1. The van der Waals surface area contributed by atoms with Gasteiger partial charge in [0, 0.05) is 26.2 Å². The van der Waals surface area contributed by atoms with Crippen molar-refractivity contribution in [2.45, 2.75) is 531 Å². The van der Waals surface area contributed by atoms with Crippen molar-refractivity contribution in [2.75, 3.05) is 85.8 Å². The Kier molecular flexibility index (Phi) is 89.7. The van der Waals surface area contributed by atoms with E-state index in [4.69, 9.17) is 18.9 Å². The summed E-state index contributed by atoms with van der Waals surface area (Å²) in [4.78, 5) is 64.0. The average molecular weight is 1610 g/mol. The molecule has 0 fully saturated rings. The van der Waals surface area contributed by atoms with Crippen LogP contribution in [0.5, 0.6) is 0 Å². The normalized spacial score (nSPS) is 11.9. The van der Waals surface area contributed by atoms with E-state index in [9.17, 15) is 19.2 Å². The van der Waals surface area contributed by atoms with Crippen LogP contribution in [-0.2, 0) is 38.1 Å². The van der Waals surface area contributed by atoms with E-state index in [0.717, 1.165) is 142 Å². The van der Waals surface area contributed by atoms with Gasteiger partial charge in [-0.1, -0.05) is 466 Å². The largest absolute Gasteiger partial charge is 0.464 e. The first kappa shape index (κ1) is 112. The predicted molar refractivity (Wildman–Crippen MR) is 495 cm³/mol. The molecule has 0 aliphatic carbocycles. The number of rotatable bonds is 96. The minimum absolute atomic E-state index is 0.0122. The van der Waals surface area contributed by atoms with E-state index < -0.39 is 0 Å². The van der Waals surface area contributed by atoms with Gasteiger partial charge in [-0.25, -0.2) is 0 Å². The van der Waals surface area contributed by atoms with Crippen LogP contribution in [0, 0.1) is 23.7 Å². The van der Waals surface area contributed by atoms with Crippen LogP contribution in [0.3, 0.4) is 0 Å². The van der Waals surface area contributed by atoms with Crippen LogP contribution in [-0.4, -0.2) is 124 Å². The van der Waals surface area contributed by atoms with E-state index in [0.29, 0.717) is 52.6 Å². The van der Waals surface area contributed by atoms with Gasteiger partial charge in [-0.2, -0.15) is 0 Å². The van der Waals surface area contributed by atoms with Crippen LogP contribution in [0.1, 0.15) is 531 Å². The summed E-state index contributed by atoms with van der Waals surface area (Å²) in [6.07, 6.45) is 90.0. The number of hydrogen-bond acceptors (Lipinski definition) is 11. The molecule has 11 nitrogen and oxygen atoms in total. The second kappa shape index (κ2) is 91.5. The van der Waals surface area contributed by atoms with Crippen molar-refractivity contribution in [1.82, 2.24) is 14.7 Å². The molecule has 678 valence electrons. The summed E-state index contributed by atoms with van der Waals surface area (Å²) in [5, 5.41) is 0. The van der Waals surface area contributed by atoms with E-state index in [1.165, 1.54) is 360 Å². The van der Waals surface area contributed by atoms with Crippen LogP contribution >= 0.6 is 0 Å². The summed E-state index contributed by atoms with van der Waals surface area (Å²) in [6.45, 7) is 25.6. The highest BCUT2D eigenvalue weighted by atomic mass is 16.5. The van der Waals surface area contributed by atoms with Gasteiger partial charge in [-0.3, -0.25) is 29.0 Å². The van der Waals surface area contributed by atoms with Crippen LogP contribution in [0.4, 0.5) is 0 Å². The highest BCUT2D eigenvalue weighted by molar-refractivity contribution is 5.73. The Morgan fingerprint density at radius 1 is 0.175 bits per heavy atom. The van der Waals surface area contributed by atoms with E-state index >= 15 is 0 Å². The highest BCUT2D eigenvalue weighted by Gasteiger charge is 2.25. The summed E-state index contributed by atoms with van der Waals surface area (Å²) >= 11 is 0. The molecular weight excluding hydrogens is 1410 g/mol. The quantitative estimate of drug-likeness (QED) is 0.0329. The van der Waals surface area contributed by atoms with Gasteiger partial charge in [0.2, 0.25) is 0 Å². The summed E-state index contributed by atoms with van der Waals surface area (Å²) in [7, 11) is 2.23. The van der Waals surface area contributed by atoms with Gasteiger partial charge in [0.05, 0.1) is 23.7 Å². The molecule has 0 N–H and O–H groups in total. The number of unbranched alkanes of at least 4 members (excludes halogenated alkanes) is 56. The molecule has 0 aromatic rings. The van der Waals surface area contributed by atoms with Gasteiger partial charge in [0.1, 0.15) is 26.4 Å². The van der Waals surface area contributed by atoms with Crippen LogP contribution in [0.2, 0.25) is 0 Å². The second-order valence-corrected chi connectivity index (χ2v) is 36.3. The first-order chi connectivity index (χ1) is 56.0. The molecule has 0 atom stereocenters. The minimum Gasteiger partial charge on any atom is -0.464 e. The number of carbonyl (C=O) groups excluding carboxylic acids is 4. The third-order valence-electron chi connectivity index (χ3n) is 25.2. The van der Waals surface area contributed by atoms with Crippen molar-refractivity contribution in [3.63, 3.8) is 0 Å². The second-order valence-electron chi connectivity index (χ2n) is 36.3. The first-order valence-electron chi connectivity index (χ1n) is 51.8. The molecule has 0 unspecified atom stereocenters. The number of ether oxygens (including phenoxy) is 4. The molecule has 0 rings (SSSR count). The molecule has 114 heavy (non-hydrogen) atoms. The van der Waals surface area contributed by atoms with Gasteiger partial charge in [-0.15, -0.1) is 0 Å². The maximum absolute atomic E-state index is 14.2. The Morgan fingerprint density at radius 2 is 0.307 bits per heavy atom. The van der Waals surface area contributed by atoms with Crippen molar-refractivity contribution >= 4 is 23.9 Å². The summed E-state index contributed by atoms with van der Waals surface area (Å²) in [5.74, 6) is -0.214. The van der Waals surface area contributed by atoms with Crippen molar-refractivity contribution < 1.29 is 38.1 Å². The molecule has 0 saturated heterocycles. The summed E-state index contributed by atoms with van der Waals surface area (Å²) < 4.78 is 25.3. The third-order valence-corrected chi connectivity index (χ3v) is 25.2. The molecule has 0 aliphatic rings. The lowest BCUT2D eigenvalue weighted by molar-refractivity contribution is -0.151. The van der Waals surface area contributed by atoms with Crippen molar-refractivity contribution in [3.05, 3.63) is 0 Å². The van der Waals surface area contributed by atoms with E-state index in [1.54, 1.807) is 0 Å². The van der Waals surface area contributed by atoms with Crippen molar-refractivity contribution in [3.8, 4) is 0 Å². The molecular formula is C103H203N3O8. The molecule has 0 aromatic carbocycles. The van der Waals surface area contributed by atoms with Gasteiger partial charge in [0.25, 0.3) is 0 Å². The topological polar surface area (TPSA) is 115 Å². The molecule has 0 aromatic heterocycles. The van der Waals surface area contributed by atoms with E-state index in [1.807, 2.05) is 0 Å². The predicted octanol–water partition coefficient (Wildman–Crippen LogP) is 31.2. The number of hydrogen-bond donors (Lipinski definition) is 0. The maximum atomic E-state index is 14.2. The standard InChI is InChI=1S/C103H203N3O8/c1-10-18-26-34-42-50-58-66-76-96(77-67-59-51-43-35-27-19-11-2)100(107)111-92-88-105(89-93-112-101(108)97(78-68-60-52-44-36-28-20-12-3)79-69-61-53-45-37-29-21-13-4)86-74-84-104(9)85-75-87-106(90-94-113-102(109)98(80-70-62-54-46-38-30-22-14-5)81-71-63-55-47-39-31-23-15-6)91-95-114-103(110)99(82-72-64-56-48-40-32-24-16-7)83-73-65-57-49-41-33-25-17-8/h96-99H,10-95H2,1-9H3. The number of nitrogens with zero attached hydrogens (tertiary/aromatic N) is 3. The fraction of sp³-hybridized carbons (Fsp3) is 0.961. The Morgan fingerprint density at radius 3 is 0.447 bits per heavy atom. The fourth-order valence-corrected chi connectivity index (χ4v) is 17.2. The maximum Gasteiger partial charge on any atom is 0.308 e. The molecule has 0 amide bonds. The average Bonchev–Trinajstić information content (AvgIpc) is 0.953. The SMILES string of the molecule is CCCCCCCCCCC(CCCCCCCCCC)C(=O)OCCN(CCCN(C)CCCN(CCOC(=O)C(CCCCCCCCCC)CCCCCCCCCC)CCOC(=O)C(CCCCCCCCCC)CCCCCCCCCC)CCOC(=O)C(CCCCCCCCCC)CCCCCCCCCC. The summed E-state index contributed by atoms with van der Waals surface area (Å²) in [6, 6.07) is 0. The molecule has 0 aliphatic heterocycles. The van der Waals surface area contributed by atoms with Gasteiger partial charge in [0.15, 0.2) is 0 Å². The van der Waals surface area contributed by atoms with Crippen LogP contribution < -0.4 is 0 Å². The lowest BCUT2D eigenvalue weighted by Crippen LogP contribution is -2.36. The Bertz CT molecular complexity index is 1620. The van der Waals surface area contributed by atoms with Crippen LogP contribution in [0.25, 0.3) is 0 Å². The molecule has 0 spiro atoms. The lowest BCUT2D eigenvalue weighted by atomic mass is 9.94. The number of carbonyl (C=O) groups is 4. The lowest BCUT2D eigenvalue weighted by Gasteiger charge is -2.26. The van der Waals surface area contributed by atoms with E-state index in [2.05, 4.69) is 77.1 Å². The van der Waals surface area contributed by atoms with Crippen LogP contribution in [0.15, 0.2) is 0 Å². The molecule has 0 radical (unpaired) electrons. The fourth-order valence-electron chi connectivity index (χ4n) is 17.2. The number of esters is 4. The smallest absolute Gasteiger partial charge is 0.308 e. The molecule has 11 heteroatoms. The minimum atomic E-state index is -0.0413. The zero-order valence-electron chi connectivity index (χ0n) is 78.7. The Labute approximate surface area is 712 Å². The highest BCUT2D eigenvalue weighted by Crippen LogP contribution is 2.27.